The van der Waals surface area contributed by atoms with Crippen molar-refractivity contribution in [3.05, 3.63) is 365 Å². The second-order valence-electron chi connectivity index (χ2n) is 32.1. The largest absolute Gasteiger partial charge is 3.00 e. The van der Waals surface area contributed by atoms with Crippen LogP contribution in [0.25, 0.3) is 112 Å². The average molecular weight is 1640 g/mol. The van der Waals surface area contributed by atoms with Gasteiger partial charge in [-0.3, -0.25) is 15.0 Å². The first-order valence-electron chi connectivity index (χ1n) is 40.0. The second-order valence-corrected chi connectivity index (χ2v) is 32.1. The van der Waals surface area contributed by atoms with Gasteiger partial charge in [-0.1, -0.05) is 217 Å². The van der Waals surface area contributed by atoms with E-state index in [4.69, 9.17) is 15.0 Å². The summed E-state index contributed by atoms with van der Waals surface area (Å²) in [4.78, 5) is 15.0. The smallest absolute Gasteiger partial charge is 0.340 e. The monoisotopic (exact) mass is 1640 g/mol. The third kappa shape index (κ3) is 15.5. The van der Waals surface area contributed by atoms with Crippen molar-refractivity contribution in [2.75, 3.05) is 0 Å². The number of hydrogen-bond acceptors (Lipinski definition) is 3. The number of aryl methyl sites for hydroxylation is 4. The third-order valence-corrected chi connectivity index (χ3v) is 22.5. The van der Waals surface area contributed by atoms with Gasteiger partial charge in [0, 0.05) is 70.7 Å². The molecule has 0 saturated carbocycles. The van der Waals surface area contributed by atoms with Gasteiger partial charge in [0.05, 0.1) is 28.5 Å². The molecule has 16 aromatic rings. The zero-order valence-corrected chi connectivity index (χ0v) is 68.9. The summed E-state index contributed by atoms with van der Waals surface area (Å²) in [6, 6.07) is 101. The predicted molar refractivity (Wildman–Crippen MR) is 463 cm³/mol. The van der Waals surface area contributed by atoms with Gasteiger partial charge in [0.25, 0.3) is 0 Å². The number of rotatable bonds is 24. The maximum absolute atomic E-state index is 5.02. The van der Waals surface area contributed by atoms with Crippen molar-refractivity contribution in [1.82, 2.24) is 33.2 Å². The van der Waals surface area contributed by atoms with E-state index >= 15 is 0 Å². The van der Waals surface area contributed by atoms with Crippen LogP contribution < -0.4 is 0 Å². The molecule has 0 bridgehead atoms. The van der Waals surface area contributed by atoms with E-state index in [1.165, 1.54) is 139 Å². The molecule has 4 heterocycles. The Hall–Kier alpha value is -11.3. The number of aromatic nitrogens is 7. The van der Waals surface area contributed by atoms with Crippen molar-refractivity contribution < 1.29 is 20.1 Å². The third-order valence-electron chi connectivity index (χ3n) is 22.5. The maximum atomic E-state index is 5.02. The molecule has 0 fully saturated rings. The average Bonchev–Trinajstić information content (AvgIpc) is 1.61. The summed E-state index contributed by atoms with van der Waals surface area (Å²) in [6.45, 7) is 27.6. The molecule has 0 amide bonds. The summed E-state index contributed by atoms with van der Waals surface area (Å²) in [5.74, 6) is 4.51. The van der Waals surface area contributed by atoms with Gasteiger partial charge in [0.1, 0.15) is 0 Å². The van der Waals surface area contributed by atoms with E-state index in [0.29, 0.717) is 35.5 Å². The molecule has 12 aromatic carbocycles. The van der Waals surface area contributed by atoms with Gasteiger partial charge in [-0.05, 0) is 205 Å². The fraction of sp³-hybridized carbons (Fsp3) is 0.221. The van der Waals surface area contributed by atoms with Crippen LogP contribution in [0.15, 0.2) is 280 Å². The number of nitrogens with zero attached hydrogens (tertiary/aromatic N) is 7. The summed E-state index contributed by atoms with van der Waals surface area (Å²) < 4.78 is 9.36. The van der Waals surface area contributed by atoms with Gasteiger partial charge in [-0.2, -0.15) is 0 Å². The minimum absolute atomic E-state index is 0. The van der Waals surface area contributed by atoms with Crippen molar-refractivity contribution >= 4 is 21.8 Å². The zero-order valence-electron chi connectivity index (χ0n) is 66.5. The number of fused-ring (bicyclic) bond motifs is 3. The molecular formula is C104H98IrN7. The number of benzene rings is 12. The molecule has 0 aliphatic heterocycles. The Morgan fingerprint density at radius 3 is 0.911 bits per heavy atom. The van der Waals surface area contributed by atoms with E-state index in [1.807, 2.05) is 18.6 Å². The molecule has 0 aliphatic rings. The Bertz CT molecular complexity index is 5860. The molecular weight excluding hydrogens is 1540 g/mol. The molecule has 0 aliphatic carbocycles. The molecule has 0 saturated heterocycles. The maximum Gasteiger partial charge on any atom is 3.00 e. The van der Waals surface area contributed by atoms with Crippen molar-refractivity contribution in [3.8, 4) is 90.3 Å². The number of imidazole rings is 3. The van der Waals surface area contributed by atoms with Crippen molar-refractivity contribution in [2.24, 2.45) is 0 Å². The van der Waals surface area contributed by atoms with E-state index in [0.717, 1.165) is 72.0 Å². The first-order valence-corrected chi connectivity index (χ1v) is 40.0. The van der Waals surface area contributed by atoms with E-state index in [-0.39, 0.29) is 20.1 Å². The fourth-order valence-corrected chi connectivity index (χ4v) is 16.5. The molecule has 7 nitrogen and oxygen atoms in total. The van der Waals surface area contributed by atoms with Crippen LogP contribution >= 0.6 is 0 Å². The van der Waals surface area contributed by atoms with Crippen LogP contribution in [0, 0.1) is 18.2 Å². The summed E-state index contributed by atoms with van der Waals surface area (Å²) >= 11 is 0. The molecule has 558 valence electrons. The Balaban J connectivity index is 0.00000992. The van der Waals surface area contributed by atoms with Crippen LogP contribution in [0.4, 0.5) is 0 Å². The van der Waals surface area contributed by atoms with Gasteiger partial charge in [0.2, 0.25) is 0 Å². The minimum atomic E-state index is 0. The Kier molecular flexibility index (Phi) is 22.4. The molecule has 0 radical (unpaired) electrons. The molecule has 16 rings (SSSR count). The molecule has 0 atom stereocenters. The first-order chi connectivity index (χ1) is 54.0. The standard InChI is InChI=1S/C104H98N7.Ir/c1-67(2)89-61-85(79-22-16-13-17-23-79)62-90(68(3)4)99(89)108-55-52-105-102(108)82-42-32-73(33-43-82)28-29-75-38-48-88(49-39-75)111-97-50-40-77(31-30-74-34-44-83(45-35-74)103-106-53-56-109(103)100-91(69(5)6)63-86(64-92(100)70(7)8)80-24-18-14-19-25-80)59-95(97)96-60-78(41-51-98(96)111)58-76-36-46-84(47-37-76)104-107-54-57-110(104)101-93(71(9)10)65-87(66-94(101)72(11)12)81-26-20-15-21-27-81;/h13-27,32-42,44,46,48-57,59-72H,28-31,58H2,1-12H3;/q-3;+3. The van der Waals surface area contributed by atoms with Crippen LogP contribution in [0.2, 0.25) is 0 Å². The van der Waals surface area contributed by atoms with Crippen LogP contribution in [-0.2, 0) is 52.2 Å². The normalized spacial score (nSPS) is 11.8. The van der Waals surface area contributed by atoms with E-state index < -0.39 is 0 Å². The second kappa shape index (κ2) is 33.0. The van der Waals surface area contributed by atoms with Crippen molar-refractivity contribution in [3.63, 3.8) is 0 Å². The molecule has 4 aromatic heterocycles. The summed E-state index contributed by atoms with van der Waals surface area (Å²) in [5, 5.41) is 2.49. The first kappa shape index (κ1) is 76.1. The van der Waals surface area contributed by atoms with Gasteiger partial charge in [0.15, 0.2) is 0 Å². The van der Waals surface area contributed by atoms with Crippen LogP contribution in [0.1, 0.15) is 185 Å². The van der Waals surface area contributed by atoms with Crippen LogP contribution in [-0.4, -0.2) is 33.2 Å². The van der Waals surface area contributed by atoms with E-state index in [1.54, 1.807) is 0 Å². The zero-order chi connectivity index (χ0) is 76.6. The summed E-state index contributed by atoms with van der Waals surface area (Å²) in [6.07, 6.45) is 16.5. The Labute approximate surface area is 676 Å². The number of hydrogen-bond donors (Lipinski definition) is 0. The minimum Gasteiger partial charge on any atom is -0.340 e. The van der Waals surface area contributed by atoms with E-state index in [2.05, 4.69) is 381 Å². The quantitative estimate of drug-likeness (QED) is 0.0567. The van der Waals surface area contributed by atoms with Crippen molar-refractivity contribution in [1.29, 1.82) is 0 Å². The van der Waals surface area contributed by atoms with Crippen molar-refractivity contribution in [2.45, 2.75) is 151 Å². The van der Waals surface area contributed by atoms with Crippen LogP contribution in [0.5, 0.6) is 0 Å². The molecule has 0 N–H and O–H groups in total. The Morgan fingerprint density at radius 2 is 0.580 bits per heavy atom. The van der Waals surface area contributed by atoms with Gasteiger partial charge in [-0.25, -0.2) is 0 Å². The molecule has 112 heavy (non-hydrogen) atoms. The topological polar surface area (TPSA) is 58.4 Å². The van der Waals surface area contributed by atoms with Gasteiger partial charge >= 0.3 is 20.1 Å². The SMILES string of the molecule is CC(C)c1cc(-c2ccccc2)cc(C(C)C)c1-n1ccnc1-c1[c-]cc(CCc2ccc(-n3c4ccc(CCc5c[c-]c(-c6nccn6-c6c(C(C)C)cc(-c7ccccc7)cc6C(C)C)cc5)cc4c4cc(Cc5c[c-]c(-c6nccn6-c6c(C(C)C)cc(-c7ccccc7)cc6C(C)C)cc5)ccc43)cc2)cc1.[Ir+3]. The van der Waals surface area contributed by atoms with E-state index in [9.17, 15) is 0 Å². The summed E-state index contributed by atoms with van der Waals surface area (Å²) in [7, 11) is 0. The van der Waals surface area contributed by atoms with Gasteiger partial charge < -0.3 is 18.3 Å². The van der Waals surface area contributed by atoms with Crippen LogP contribution in [0.3, 0.4) is 0 Å². The fourth-order valence-electron chi connectivity index (χ4n) is 16.5. The van der Waals surface area contributed by atoms with Gasteiger partial charge in [-0.15, -0.1) is 106 Å². The molecule has 8 heteroatoms. The molecule has 0 spiro atoms. The Morgan fingerprint density at radius 1 is 0.286 bits per heavy atom. The summed E-state index contributed by atoms with van der Waals surface area (Å²) in [5.41, 5.74) is 32.9. The predicted octanol–water partition coefficient (Wildman–Crippen LogP) is 26.6. The molecule has 0 unspecified atom stereocenters.